The first-order valence-corrected chi connectivity index (χ1v) is 6.10. The third-order valence-corrected chi connectivity index (χ3v) is 3.59. The number of likely N-dealkylation sites (N-methyl/N-ethyl adjacent to an activating group) is 1. The average molecular weight is 241 g/mol. The number of hydrogen-bond donors (Lipinski definition) is 1. The van der Waals surface area contributed by atoms with Gasteiger partial charge in [-0.05, 0) is 44.6 Å². The Kier molecular flexibility index (Phi) is 3.24. The van der Waals surface area contributed by atoms with E-state index in [1.54, 1.807) is 11.3 Å². The van der Waals surface area contributed by atoms with Gasteiger partial charge in [0.1, 0.15) is 0 Å². The summed E-state index contributed by atoms with van der Waals surface area (Å²) in [5, 5.41) is 5.06. The summed E-state index contributed by atoms with van der Waals surface area (Å²) < 4.78 is 1.17. The zero-order valence-corrected chi connectivity index (χ0v) is 10.4. The zero-order chi connectivity index (χ0) is 10.8. The van der Waals surface area contributed by atoms with Crippen LogP contribution >= 0.6 is 22.9 Å². The molecule has 0 bridgehead atoms. The van der Waals surface area contributed by atoms with Crippen molar-refractivity contribution in [1.29, 1.82) is 0 Å². The van der Waals surface area contributed by atoms with Crippen molar-refractivity contribution in [3.05, 3.63) is 27.7 Å². The van der Waals surface area contributed by atoms with Crippen molar-refractivity contribution in [3.63, 3.8) is 0 Å². The molecule has 0 aliphatic carbocycles. The molecule has 4 heteroatoms. The Morgan fingerprint density at radius 1 is 1.47 bits per heavy atom. The molecular formula is C11H13ClN2S. The van der Waals surface area contributed by atoms with E-state index in [1.165, 1.54) is 10.3 Å². The highest BCUT2D eigenvalue weighted by molar-refractivity contribution is 7.18. The minimum absolute atomic E-state index is 0.849. The molecule has 1 aromatic heterocycles. The van der Waals surface area contributed by atoms with Crippen LogP contribution in [0.5, 0.6) is 0 Å². The predicted octanol–water partition coefficient (Wildman–Crippen LogP) is 3.02. The maximum Gasteiger partial charge on any atom is 0.0907 e. The summed E-state index contributed by atoms with van der Waals surface area (Å²) in [5.41, 5.74) is 2.23. The summed E-state index contributed by atoms with van der Waals surface area (Å²) in [4.78, 5) is 4.46. The number of aromatic nitrogens is 1. The zero-order valence-electron chi connectivity index (χ0n) is 8.80. The quantitative estimate of drug-likeness (QED) is 0.892. The number of nitrogens with zero attached hydrogens (tertiary/aromatic N) is 1. The number of fused-ring (bicyclic) bond motifs is 1. The second kappa shape index (κ2) is 4.47. The van der Waals surface area contributed by atoms with Gasteiger partial charge in [-0.1, -0.05) is 11.6 Å². The van der Waals surface area contributed by atoms with Crippen LogP contribution in [0.3, 0.4) is 0 Å². The lowest BCUT2D eigenvalue weighted by Gasteiger charge is -2.03. The number of hydrogen-bond acceptors (Lipinski definition) is 3. The molecule has 0 unspecified atom stereocenters. The van der Waals surface area contributed by atoms with E-state index in [1.807, 2.05) is 20.0 Å². The fourth-order valence-electron chi connectivity index (χ4n) is 1.56. The number of nitrogens with one attached hydrogen (secondary N) is 1. The summed E-state index contributed by atoms with van der Waals surface area (Å²) in [7, 11) is 1.94. The Morgan fingerprint density at radius 3 is 3.00 bits per heavy atom. The van der Waals surface area contributed by atoms with Crippen LogP contribution in [0.4, 0.5) is 0 Å². The van der Waals surface area contributed by atoms with E-state index in [4.69, 9.17) is 11.6 Å². The third-order valence-electron chi connectivity index (χ3n) is 2.31. The van der Waals surface area contributed by atoms with E-state index in [2.05, 4.69) is 16.4 Å². The topological polar surface area (TPSA) is 24.9 Å². The lowest BCUT2D eigenvalue weighted by Crippen LogP contribution is -2.10. The third kappa shape index (κ3) is 2.30. The minimum atomic E-state index is 0.849. The van der Waals surface area contributed by atoms with Crippen LogP contribution in [0.15, 0.2) is 12.1 Å². The van der Waals surface area contributed by atoms with Gasteiger partial charge in [-0.3, -0.25) is 0 Å². The maximum atomic E-state index is 6.20. The Labute approximate surface area is 98.3 Å². The molecule has 2 nitrogen and oxygen atoms in total. The molecule has 0 aliphatic heterocycles. The molecule has 2 aromatic rings. The highest BCUT2D eigenvalue weighted by atomic mass is 35.5. The van der Waals surface area contributed by atoms with Gasteiger partial charge < -0.3 is 5.32 Å². The molecule has 0 saturated carbocycles. The molecule has 0 amide bonds. The van der Waals surface area contributed by atoms with Crippen molar-refractivity contribution >= 4 is 33.2 Å². The fraction of sp³-hybridized carbons (Fsp3) is 0.364. The molecule has 1 N–H and O–H groups in total. The van der Waals surface area contributed by atoms with Crippen LogP contribution in [-0.4, -0.2) is 18.6 Å². The van der Waals surface area contributed by atoms with E-state index in [-0.39, 0.29) is 0 Å². The molecule has 2 rings (SSSR count). The van der Waals surface area contributed by atoms with Crippen molar-refractivity contribution in [1.82, 2.24) is 10.3 Å². The minimum Gasteiger partial charge on any atom is -0.319 e. The first-order chi connectivity index (χ1) is 7.20. The molecular weight excluding hydrogens is 228 g/mol. The van der Waals surface area contributed by atoms with Crippen molar-refractivity contribution in [2.45, 2.75) is 13.3 Å². The number of rotatable bonds is 3. The fourth-order valence-corrected chi connectivity index (χ4v) is 2.73. The number of halogens is 1. The van der Waals surface area contributed by atoms with Crippen molar-refractivity contribution in [3.8, 4) is 0 Å². The monoisotopic (exact) mass is 240 g/mol. The van der Waals surface area contributed by atoms with Gasteiger partial charge in [0.15, 0.2) is 0 Å². The molecule has 0 atom stereocenters. The standard InChI is InChI=1S/C11H13ClN2S/c1-7-14-10-5-8(3-4-13-2)9(12)6-11(10)15-7/h5-6,13H,3-4H2,1-2H3. The number of benzene rings is 1. The first kappa shape index (κ1) is 10.9. The molecule has 0 aliphatic rings. The Bertz CT molecular complexity index is 479. The van der Waals surface area contributed by atoms with Gasteiger partial charge in [0.25, 0.3) is 0 Å². The van der Waals surface area contributed by atoms with Gasteiger partial charge in [0.2, 0.25) is 0 Å². The van der Waals surface area contributed by atoms with Gasteiger partial charge in [-0.2, -0.15) is 0 Å². The Hall–Kier alpha value is -0.640. The van der Waals surface area contributed by atoms with Gasteiger partial charge in [0, 0.05) is 5.02 Å². The second-order valence-electron chi connectivity index (χ2n) is 3.50. The maximum absolute atomic E-state index is 6.20. The van der Waals surface area contributed by atoms with Crippen molar-refractivity contribution < 1.29 is 0 Å². The summed E-state index contributed by atoms with van der Waals surface area (Å²) in [6, 6.07) is 4.12. The normalized spacial score (nSPS) is 11.1. The average Bonchev–Trinajstić information content (AvgIpc) is 2.53. The summed E-state index contributed by atoms with van der Waals surface area (Å²) in [6.07, 6.45) is 0.946. The van der Waals surface area contributed by atoms with E-state index in [9.17, 15) is 0 Å². The van der Waals surface area contributed by atoms with E-state index < -0.39 is 0 Å². The molecule has 0 fully saturated rings. The molecule has 15 heavy (non-hydrogen) atoms. The summed E-state index contributed by atoms with van der Waals surface area (Å²) in [6.45, 7) is 2.96. The lowest BCUT2D eigenvalue weighted by atomic mass is 10.1. The van der Waals surface area contributed by atoms with Gasteiger partial charge in [0.05, 0.1) is 15.2 Å². The van der Waals surface area contributed by atoms with Crippen molar-refractivity contribution in [2.75, 3.05) is 13.6 Å². The first-order valence-electron chi connectivity index (χ1n) is 4.91. The smallest absolute Gasteiger partial charge is 0.0907 e. The van der Waals surface area contributed by atoms with E-state index in [0.29, 0.717) is 0 Å². The number of thiazole rings is 1. The lowest BCUT2D eigenvalue weighted by molar-refractivity contribution is 0.792. The van der Waals surface area contributed by atoms with Crippen LogP contribution in [0.1, 0.15) is 10.6 Å². The molecule has 0 spiro atoms. The second-order valence-corrected chi connectivity index (χ2v) is 5.14. The van der Waals surface area contributed by atoms with Crippen molar-refractivity contribution in [2.24, 2.45) is 0 Å². The van der Waals surface area contributed by atoms with Gasteiger partial charge in [-0.25, -0.2) is 4.98 Å². The van der Waals surface area contributed by atoms with E-state index in [0.717, 1.165) is 28.5 Å². The number of aryl methyl sites for hydroxylation is 1. The molecule has 1 heterocycles. The summed E-state index contributed by atoms with van der Waals surface area (Å²) >= 11 is 7.89. The highest BCUT2D eigenvalue weighted by Gasteiger charge is 2.06. The molecule has 0 saturated heterocycles. The van der Waals surface area contributed by atoms with Crippen LogP contribution in [0.2, 0.25) is 5.02 Å². The Balaban J connectivity index is 2.42. The molecule has 1 aromatic carbocycles. The molecule has 0 radical (unpaired) electrons. The highest BCUT2D eigenvalue weighted by Crippen LogP contribution is 2.28. The van der Waals surface area contributed by atoms with Crippen LogP contribution in [0, 0.1) is 6.92 Å². The SMILES string of the molecule is CNCCc1cc2nc(C)sc2cc1Cl. The molecule has 80 valence electrons. The van der Waals surface area contributed by atoms with Gasteiger partial charge >= 0.3 is 0 Å². The van der Waals surface area contributed by atoms with E-state index >= 15 is 0 Å². The van der Waals surface area contributed by atoms with Crippen LogP contribution in [0.25, 0.3) is 10.2 Å². The van der Waals surface area contributed by atoms with Gasteiger partial charge in [-0.15, -0.1) is 11.3 Å². The largest absolute Gasteiger partial charge is 0.319 e. The summed E-state index contributed by atoms with van der Waals surface area (Å²) in [5.74, 6) is 0. The Morgan fingerprint density at radius 2 is 2.27 bits per heavy atom. The van der Waals surface area contributed by atoms with Crippen LogP contribution in [-0.2, 0) is 6.42 Å². The van der Waals surface area contributed by atoms with Crippen LogP contribution < -0.4 is 5.32 Å². The predicted molar refractivity (Wildman–Crippen MR) is 67.0 cm³/mol.